The van der Waals surface area contributed by atoms with Crippen molar-refractivity contribution in [3.63, 3.8) is 0 Å². The SMILES string of the molecule is CCNC(=O)[C@@H](C)NC(=O)COC(=O)CN1C(=O)NC2(CCCC2)C1=O. The zero-order chi connectivity index (χ0) is 19.3. The molecule has 0 aromatic carbocycles. The van der Waals surface area contributed by atoms with Crippen LogP contribution in [0.3, 0.4) is 0 Å². The number of carbonyl (C=O) groups is 5. The van der Waals surface area contributed by atoms with E-state index in [-0.39, 0.29) is 5.91 Å². The van der Waals surface area contributed by atoms with Gasteiger partial charge in [0.15, 0.2) is 6.61 Å². The number of esters is 1. The Morgan fingerprint density at radius 1 is 1.27 bits per heavy atom. The predicted molar refractivity (Wildman–Crippen MR) is 88.7 cm³/mol. The number of imide groups is 1. The van der Waals surface area contributed by atoms with Crippen LogP contribution in [0.15, 0.2) is 0 Å². The highest BCUT2D eigenvalue weighted by Crippen LogP contribution is 2.34. The molecular weight excluding hydrogens is 344 g/mol. The standard InChI is InChI=1S/C16H24N4O6/c1-3-17-13(23)10(2)18-11(21)9-26-12(22)8-20-14(24)16(19-15(20)25)6-4-5-7-16/h10H,3-9H2,1-2H3,(H,17,23)(H,18,21)(H,19,25)/t10-/m1/s1. The first-order valence-corrected chi connectivity index (χ1v) is 8.66. The lowest BCUT2D eigenvalue weighted by atomic mass is 9.98. The summed E-state index contributed by atoms with van der Waals surface area (Å²) in [4.78, 5) is 60.3. The maximum atomic E-state index is 12.4. The highest BCUT2D eigenvalue weighted by Gasteiger charge is 2.52. The van der Waals surface area contributed by atoms with Gasteiger partial charge >= 0.3 is 12.0 Å². The largest absolute Gasteiger partial charge is 0.454 e. The number of likely N-dealkylation sites (N-methyl/N-ethyl adjacent to an activating group) is 1. The van der Waals surface area contributed by atoms with E-state index in [1.54, 1.807) is 6.92 Å². The fourth-order valence-electron chi connectivity index (χ4n) is 3.13. The zero-order valence-corrected chi connectivity index (χ0v) is 14.9. The van der Waals surface area contributed by atoms with Crippen LogP contribution in [0, 0.1) is 0 Å². The number of nitrogens with one attached hydrogen (secondary N) is 3. The summed E-state index contributed by atoms with van der Waals surface area (Å²) in [7, 11) is 0. The second-order valence-corrected chi connectivity index (χ2v) is 6.46. The van der Waals surface area contributed by atoms with Crippen molar-refractivity contribution in [2.24, 2.45) is 0 Å². The summed E-state index contributed by atoms with van der Waals surface area (Å²) in [6.45, 7) is 2.53. The number of ether oxygens (including phenoxy) is 1. The van der Waals surface area contributed by atoms with Crippen LogP contribution in [-0.4, -0.2) is 65.9 Å². The second-order valence-electron chi connectivity index (χ2n) is 6.46. The molecule has 1 spiro atoms. The Morgan fingerprint density at radius 2 is 1.92 bits per heavy atom. The minimum atomic E-state index is -0.892. The molecule has 2 fully saturated rings. The van der Waals surface area contributed by atoms with Crippen molar-refractivity contribution in [1.82, 2.24) is 20.9 Å². The van der Waals surface area contributed by atoms with Gasteiger partial charge in [-0.15, -0.1) is 0 Å². The topological polar surface area (TPSA) is 134 Å². The molecule has 10 heteroatoms. The smallest absolute Gasteiger partial charge is 0.326 e. The van der Waals surface area contributed by atoms with Crippen molar-refractivity contribution in [3.05, 3.63) is 0 Å². The third-order valence-corrected chi connectivity index (χ3v) is 4.48. The lowest BCUT2D eigenvalue weighted by Crippen LogP contribution is -2.46. The summed E-state index contributed by atoms with van der Waals surface area (Å²) in [6.07, 6.45) is 2.80. The fourth-order valence-corrected chi connectivity index (χ4v) is 3.13. The molecule has 0 radical (unpaired) electrons. The lowest BCUT2D eigenvalue weighted by Gasteiger charge is -2.19. The molecule has 10 nitrogen and oxygen atoms in total. The van der Waals surface area contributed by atoms with E-state index < -0.39 is 48.5 Å². The average molecular weight is 368 g/mol. The summed E-state index contributed by atoms with van der Waals surface area (Å²) in [5.41, 5.74) is -0.892. The molecule has 144 valence electrons. The van der Waals surface area contributed by atoms with E-state index in [1.165, 1.54) is 6.92 Å². The molecular formula is C16H24N4O6. The highest BCUT2D eigenvalue weighted by molar-refractivity contribution is 6.08. The first-order chi connectivity index (χ1) is 12.3. The van der Waals surface area contributed by atoms with Gasteiger partial charge in [-0.2, -0.15) is 0 Å². The van der Waals surface area contributed by atoms with Gasteiger partial charge in [0.05, 0.1) is 0 Å². The number of hydrogen-bond donors (Lipinski definition) is 3. The van der Waals surface area contributed by atoms with E-state index >= 15 is 0 Å². The summed E-state index contributed by atoms with van der Waals surface area (Å²) in [5, 5.41) is 7.59. The molecule has 1 saturated heterocycles. The van der Waals surface area contributed by atoms with Crippen LogP contribution in [0.2, 0.25) is 0 Å². The molecule has 1 atom stereocenters. The number of carbonyl (C=O) groups excluding carboxylic acids is 5. The lowest BCUT2D eigenvalue weighted by molar-refractivity contribution is -0.151. The molecule has 2 rings (SSSR count). The van der Waals surface area contributed by atoms with Gasteiger partial charge in [-0.25, -0.2) is 4.79 Å². The molecule has 1 aliphatic carbocycles. The van der Waals surface area contributed by atoms with E-state index in [2.05, 4.69) is 16.0 Å². The van der Waals surface area contributed by atoms with Crippen LogP contribution in [0.25, 0.3) is 0 Å². The van der Waals surface area contributed by atoms with E-state index in [9.17, 15) is 24.0 Å². The van der Waals surface area contributed by atoms with Crippen LogP contribution >= 0.6 is 0 Å². The fraction of sp³-hybridized carbons (Fsp3) is 0.688. The zero-order valence-electron chi connectivity index (χ0n) is 14.9. The molecule has 5 amide bonds. The van der Waals surface area contributed by atoms with Crippen molar-refractivity contribution < 1.29 is 28.7 Å². The van der Waals surface area contributed by atoms with Gasteiger partial charge in [-0.3, -0.25) is 24.1 Å². The molecule has 0 aromatic rings. The number of amides is 5. The minimum Gasteiger partial charge on any atom is -0.454 e. The van der Waals surface area contributed by atoms with Crippen molar-refractivity contribution in [2.75, 3.05) is 19.7 Å². The number of rotatable bonds is 7. The maximum Gasteiger partial charge on any atom is 0.326 e. The number of urea groups is 1. The van der Waals surface area contributed by atoms with Crippen LogP contribution < -0.4 is 16.0 Å². The number of nitrogens with zero attached hydrogens (tertiary/aromatic N) is 1. The molecule has 1 saturated carbocycles. The maximum absolute atomic E-state index is 12.4. The third-order valence-electron chi connectivity index (χ3n) is 4.48. The minimum absolute atomic E-state index is 0.353. The van der Waals surface area contributed by atoms with Crippen molar-refractivity contribution in [1.29, 1.82) is 0 Å². The summed E-state index contributed by atoms with van der Waals surface area (Å²) in [6, 6.07) is -1.39. The Kier molecular flexibility index (Phi) is 6.17. The van der Waals surface area contributed by atoms with Crippen LogP contribution in [0.5, 0.6) is 0 Å². The third kappa shape index (κ3) is 4.30. The van der Waals surface area contributed by atoms with Crippen LogP contribution in [-0.2, 0) is 23.9 Å². The van der Waals surface area contributed by atoms with Gasteiger partial charge in [0, 0.05) is 6.54 Å². The molecule has 3 N–H and O–H groups in total. The van der Waals surface area contributed by atoms with E-state index in [0.29, 0.717) is 19.4 Å². The monoisotopic (exact) mass is 368 g/mol. The summed E-state index contributed by atoms with van der Waals surface area (Å²) < 4.78 is 4.80. The summed E-state index contributed by atoms with van der Waals surface area (Å²) in [5.74, 6) is -2.30. The van der Waals surface area contributed by atoms with Crippen molar-refractivity contribution in [2.45, 2.75) is 51.1 Å². The first-order valence-electron chi connectivity index (χ1n) is 8.66. The van der Waals surface area contributed by atoms with Crippen molar-refractivity contribution in [3.8, 4) is 0 Å². The normalized spacial score (nSPS) is 19.2. The highest BCUT2D eigenvalue weighted by atomic mass is 16.5. The Hall–Kier alpha value is -2.65. The van der Waals surface area contributed by atoms with Crippen molar-refractivity contribution >= 4 is 29.7 Å². The first kappa shape index (κ1) is 19.7. The van der Waals surface area contributed by atoms with Gasteiger partial charge < -0.3 is 20.7 Å². The van der Waals surface area contributed by atoms with Crippen LogP contribution in [0.4, 0.5) is 4.79 Å². The van der Waals surface area contributed by atoms with Crippen LogP contribution in [0.1, 0.15) is 39.5 Å². The molecule has 1 heterocycles. The van der Waals surface area contributed by atoms with Gasteiger partial charge in [0.1, 0.15) is 18.1 Å². The summed E-state index contributed by atoms with van der Waals surface area (Å²) >= 11 is 0. The Labute approximate surface area is 151 Å². The molecule has 0 unspecified atom stereocenters. The van der Waals surface area contributed by atoms with Gasteiger partial charge in [0.25, 0.3) is 11.8 Å². The van der Waals surface area contributed by atoms with Gasteiger partial charge in [-0.1, -0.05) is 12.8 Å². The molecule has 2 aliphatic rings. The second kappa shape index (κ2) is 8.15. The molecule has 0 aromatic heterocycles. The van der Waals surface area contributed by atoms with E-state index in [1.807, 2.05) is 0 Å². The molecule has 0 bridgehead atoms. The van der Waals surface area contributed by atoms with E-state index in [0.717, 1.165) is 17.7 Å². The van der Waals surface area contributed by atoms with E-state index in [4.69, 9.17) is 4.74 Å². The Morgan fingerprint density at radius 3 is 2.54 bits per heavy atom. The number of hydrogen-bond acceptors (Lipinski definition) is 6. The molecule has 1 aliphatic heterocycles. The van der Waals surface area contributed by atoms with Gasteiger partial charge in [0.2, 0.25) is 5.91 Å². The Balaban J connectivity index is 1.78. The quantitative estimate of drug-likeness (QED) is 0.391. The van der Waals surface area contributed by atoms with Gasteiger partial charge in [-0.05, 0) is 26.7 Å². The predicted octanol–water partition coefficient (Wildman–Crippen LogP) is -0.965. The molecule has 26 heavy (non-hydrogen) atoms. The average Bonchev–Trinajstić information content (AvgIpc) is 3.14. The Bertz CT molecular complexity index is 614.